The van der Waals surface area contributed by atoms with E-state index in [-0.39, 0.29) is 49.0 Å². The van der Waals surface area contributed by atoms with Crippen LogP contribution in [0.1, 0.15) is 131 Å². The molecule has 6 N–H and O–H groups in total. The number of likely N-dealkylation sites (tertiary alicyclic amines) is 2. The Labute approximate surface area is 414 Å². The molecular weight excluding hydrogens is 895 g/mol. The second kappa shape index (κ2) is 24.9. The number of benzene rings is 2. The number of carbonyl (C=O) groups is 7. The van der Waals surface area contributed by atoms with Crippen LogP contribution in [0.4, 0.5) is 9.59 Å². The average molecular weight is 974 g/mol. The minimum absolute atomic E-state index is 0.0465. The second-order valence-corrected chi connectivity index (χ2v) is 21.9. The van der Waals surface area contributed by atoms with Gasteiger partial charge >= 0.3 is 18.2 Å². The molecular formula is C53H79N7O10. The number of amides is 6. The van der Waals surface area contributed by atoms with Gasteiger partial charge in [-0.05, 0) is 135 Å². The lowest BCUT2D eigenvalue weighted by molar-refractivity contribution is -0.147. The van der Waals surface area contributed by atoms with Crippen molar-refractivity contribution in [1.29, 1.82) is 0 Å². The van der Waals surface area contributed by atoms with Crippen molar-refractivity contribution in [3.05, 3.63) is 71.8 Å². The first-order valence-corrected chi connectivity index (χ1v) is 25.2. The number of nitrogens with one attached hydrogen (secondary N) is 5. The SMILES string of the molecule is CC(C)C[C@@H](NC(=O)[C@@H](Cc1ccccc1)NC(=O)[C@@H](Cc1ccccc1)NC(=O)OC(C)(C)C)C(=O)N[C@H](CCCCNC(=O)OC(C)(C)C)C(=O)N1CCC2(CC1)CC(N1CCC[C@@H]1C(=O)O)C2. The monoisotopic (exact) mass is 974 g/mol. The van der Waals surface area contributed by atoms with Crippen molar-refractivity contribution >= 4 is 41.8 Å². The molecule has 17 heteroatoms. The molecule has 1 aliphatic carbocycles. The molecule has 0 bridgehead atoms. The van der Waals surface area contributed by atoms with E-state index < -0.39 is 77.3 Å². The highest BCUT2D eigenvalue weighted by atomic mass is 16.6. The van der Waals surface area contributed by atoms with Crippen LogP contribution in [0.3, 0.4) is 0 Å². The van der Waals surface area contributed by atoms with Crippen LogP contribution in [0.25, 0.3) is 0 Å². The molecule has 5 atom stereocenters. The van der Waals surface area contributed by atoms with E-state index in [0.717, 1.165) is 49.8 Å². The van der Waals surface area contributed by atoms with Gasteiger partial charge in [-0.25, -0.2) is 9.59 Å². The summed E-state index contributed by atoms with van der Waals surface area (Å²) in [6, 6.07) is 13.8. The first kappa shape index (κ1) is 55.2. The Morgan fingerprint density at radius 1 is 0.671 bits per heavy atom. The highest BCUT2D eigenvalue weighted by Gasteiger charge is 2.51. The molecule has 1 saturated carbocycles. The number of alkyl carbamates (subject to hydrolysis) is 2. The smallest absolute Gasteiger partial charge is 0.408 e. The summed E-state index contributed by atoms with van der Waals surface area (Å²) in [5.74, 6) is -2.83. The number of rotatable bonds is 21. The van der Waals surface area contributed by atoms with E-state index in [1.165, 1.54) is 0 Å². The fourth-order valence-electron chi connectivity index (χ4n) is 9.82. The fourth-order valence-corrected chi connectivity index (χ4v) is 9.82. The third-order valence-electron chi connectivity index (χ3n) is 13.3. The summed E-state index contributed by atoms with van der Waals surface area (Å²) < 4.78 is 10.9. The standard InChI is InChI=1S/C53H79N7O10/c1-35(2)30-40(56-45(62)41(31-36-18-11-9-12-19-36)57-46(63)42(32-37-20-13-10-14-21-37)58-50(68)70-52(6,7)8)44(61)55-39(22-15-16-26-54-49(67)69-51(3,4)5)47(64)59-28-24-53(25-29-59)33-38(34-53)60-27-17-23-43(60)48(65)66/h9-14,18-21,35,38-43H,15-17,22-34H2,1-8H3,(H,54,67)(H,55,61)(H,56,62)(H,57,63)(H,58,68)(H,65,66)/t39-,40-,41-,42-,43-/m1/s1. The van der Waals surface area contributed by atoms with E-state index in [9.17, 15) is 38.7 Å². The first-order chi connectivity index (χ1) is 33.0. The van der Waals surface area contributed by atoms with Gasteiger partial charge in [-0.3, -0.25) is 28.9 Å². The van der Waals surface area contributed by atoms with Crippen molar-refractivity contribution in [2.45, 2.75) is 180 Å². The molecule has 6 amide bonds. The molecule has 1 spiro atoms. The molecule has 2 aromatic carbocycles. The van der Waals surface area contributed by atoms with E-state index >= 15 is 0 Å². The molecule has 3 fully saturated rings. The van der Waals surface area contributed by atoms with Gasteiger partial charge in [0.25, 0.3) is 0 Å². The molecule has 0 unspecified atom stereocenters. The summed E-state index contributed by atoms with van der Waals surface area (Å²) in [6.07, 6.45) is 5.27. The fraction of sp³-hybridized carbons (Fsp3) is 0.642. The lowest BCUT2D eigenvalue weighted by Gasteiger charge is -2.55. The van der Waals surface area contributed by atoms with Crippen LogP contribution in [0, 0.1) is 11.3 Å². The highest BCUT2D eigenvalue weighted by Crippen LogP contribution is 2.52. The average Bonchev–Trinajstić information content (AvgIpc) is 3.76. The summed E-state index contributed by atoms with van der Waals surface area (Å²) in [6.45, 7) is 16.4. The summed E-state index contributed by atoms with van der Waals surface area (Å²) in [7, 11) is 0. The molecule has 2 saturated heterocycles. The van der Waals surface area contributed by atoms with Crippen LogP contribution in [0.15, 0.2) is 60.7 Å². The molecule has 3 aliphatic rings. The Morgan fingerprint density at radius 2 is 1.17 bits per heavy atom. The number of ether oxygens (including phenoxy) is 2. The van der Waals surface area contributed by atoms with Gasteiger partial charge in [0, 0.05) is 38.5 Å². The molecule has 2 heterocycles. The van der Waals surface area contributed by atoms with E-state index in [4.69, 9.17) is 9.47 Å². The minimum atomic E-state index is -1.17. The van der Waals surface area contributed by atoms with Crippen LogP contribution >= 0.6 is 0 Å². The lowest BCUT2D eigenvalue weighted by Crippen LogP contribution is -2.60. The summed E-state index contributed by atoms with van der Waals surface area (Å²) >= 11 is 0. The van der Waals surface area contributed by atoms with Gasteiger partial charge in [0.05, 0.1) is 0 Å². The summed E-state index contributed by atoms with van der Waals surface area (Å²) in [5.41, 5.74) is 0.0787. The molecule has 5 rings (SSSR count). The minimum Gasteiger partial charge on any atom is -0.480 e. The second-order valence-electron chi connectivity index (χ2n) is 21.9. The zero-order chi connectivity index (χ0) is 51.2. The normalized spacial score (nSPS) is 18.9. The maximum Gasteiger partial charge on any atom is 0.408 e. The molecule has 2 aliphatic heterocycles. The highest BCUT2D eigenvalue weighted by molar-refractivity contribution is 5.95. The van der Waals surface area contributed by atoms with E-state index in [1.54, 1.807) is 46.4 Å². The predicted octanol–water partition coefficient (Wildman–Crippen LogP) is 5.88. The number of piperidine rings is 1. The van der Waals surface area contributed by atoms with Crippen LogP contribution < -0.4 is 26.6 Å². The topological polar surface area (TPSA) is 225 Å². The predicted molar refractivity (Wildman–Crippen MR) is 265 cm³/mol. The van der Waals surface area contributed by atoms with Gasteiger partial charge in [0.15, 0.2) is 0 Å². The van der Waals surface area contributed by atoms with Crippen molar-refractivity contribution < 1.29 is 48.1 Å². The molecule has 17 nitrogen and oxygen atoms in total. The van der Waals surface area contributed by atoms with Gasteiger partial charge in [0.2, 0.25) is 23.6 Å². The molecule has 0 aromatic heterocycles. The number of hydrogen-bond acceptors (Lipinski definition) is 10. The van der Waals surface area contributed by atoms with E-state index in [0.29, 0.717) is 38.9 Å². The van der Waals surface area contributed by atoms with Crippen molar-refractivity contribution in [2.75, 3.05) is 26.2 Å². The third kappa shape index (κ3) is 17.3. The van der Waals surface area contributed by atoms with Gasteiger partial charge < -0.3 is 46.1 Å². The first-order valence-electron chi connectivity index (χ1n) is 25.2. The van der Waals surface area contributed by atoms with E-state index in [1.807, 2.05) is 74.5 Å². The van der Waals surface area contributed by atoms with E-state index in [2.05, 4.69) is 31.5 Å². The van der Waals surface area contributed by atoms with Crippen molar-refractivity contribution in [3.8, 4) is 0 Å². The third-order valence-corrected chi connectivity index (χ3v) is 13.3. The number of hydrogen-bond donors (Lipinski definition) is 6. The number of carboxylic acid groups (broad SMARTS) is 1. The summed E-state index contributed by atoms with van der Waals surface area (Å²) in [5, 5.41) is 24.0. The number of carboxylic acids is 1. The maximum atomic E-state index is 14.5. The van der Waals surface area contributed by atoms with Gasteiger partial charge in [-0.2, -0.15) is 0 Å². The quantitative estimate of drug-likeness (QED) is 0.0811. The van der Waals surface area contributed by atoms with Gasteiger partial charge in [-0.1, -0.05) is 74.5 Å². The van der Waals surface area contributed by atoms with Crippen LogP contribution in [-0.2, 0) is 46.3 Å². The molecule has 2 aromatic rings. The number of aliphatic carboxylic acids is 1. The summed E-state index contributed by atoms with van der Waals surface area (Å²) in [4.78, 5) is 98.9. The Bertz CT molecular complexity index is 2070. The van der Waals surface area contributed by atoms with Crippen molar-refractivity contribution in [1.82, 2.24) is 36.4 Å². The Hall–Kier alpha value is -5.71. The lowest BCUT2D eigenvalue weighted by atomic mass is 9.60. The largest absolute Gasteiger partial charge is 0.480 e. The van der Waals surface area contributed by atoms with Crippen LogP contribution in [-0.4, -0.2) is 130 Å². The Morgan fingerprint density at radius 3 is 1.70 bits per heavy atom. The molecule has 70 heavy (non-hydrogen) atoms. The Kier molecular flexibility index (Phi) is 19.6. The Balaban J connectivity index is 1.30. The molecule has 0 radical (unpaired) electrons. The molecule has 386 valence electrons. The van der Waals surface area contributed by atoms with Crippen LogP contribution in [0.2, 0.25) is 0 Å². The van der Waals surface area contributed by atoms with Gasteiger partial charge in [-0.15, -0.1) is 0 Å². The zero-order valence-corrected chi connectivity index (χ0v) is 42.6. The van der Waals surface area contributed by atoms with Crippen molar-refractivity contribution in [3.63, 3.8) is 0 Å². The zero-order valence-electron chi connectivity index (χ0n) is 42.6. The maximum absolute atomic E-state index is 14.5. The van der Waals surface area contributed by atoms with Gasteiger partial charge in [0.1, 0.15) is 41.4 Å². The van der Waals surface area contributed by atoms with Crippen LogP contribution in [0.5, 0.6) is 0 Å². The van der Waals surface area contributed by atoms with Crippen molar-refractivity contribution in [2.24, 2.45) is 11.3 Å². The number of unbranched alkanes of at least 4 members (excludes halogenated alkanes) is 1. The number of carbonyl (C=O) groups excluding carboxylic acids is 6. The number of nitrogens with zero attached hydrogens (tertiary/aromatic N) is 2.